The predicted octanol–water partition coefficient (Wildman–Crippen LogP) is 5.97. The maximum atomic E-state index is 14.9. The van der Waals surface area contributed by atoms with Gasteiger partial charge in [0.05, 0.1) is 27.4 Å². The molecule has 0 unspecified atom stereocenters. The normalized spacial score (nSPS) is 11.1. The maximum absolute atomic E-state index is 14.9. The molecule has 0 bridgehead atoms. The highest BCUT2D eigenvalue weighted by Gasteiger charge is 2.15. The van der Waals surface area contributed by atoms with Crippen LogP contribution in [0.2, 0.25) is 0 Å². The number of carbonyl (C=O) groups excluding carboxylic acids is 1. The van der Waals surface area contributed by atoms with E-state index in [1.807, 2.05) is 24.4 Å². The minimum atomic E-state index is -0.636. The molecule has 3 N–H and O–H groups in total. The predicted molar refractivity (Wildman–Crippen MR) is 147 cm³/mol. The Balaban J connectivity index is 1.27. The topological polar surface area (TPSA) is 123 Å². The third kappa shape index (κ3) is 6.55. The van der Waals surface area contributed by atoms with Crippen LogP contribution in [0.15, 0.2) is 65.4 Å². The van der Waals surface area contributed by atoms with E-state index in [1.54, 1.807) is 38.4 Å². The summed E-state index contributed by atoms with van der Waals surface area (Å²) >= 11 is 1.46. The zero-order valence-electron chi connectivity index (χ0n) is 21.2. The maximum Gasteiger partial charge on any atom is 0.324 e. The van der Waals surface area contributed by atoms with Crippen LogP contribution in [-0.2, 0) is 11.3 Å². The Labute approximate surface area is 227 Å². The Morgan fingerprint density at radius 2 is 1.97 bits per heavy atom. The van der Waals surface area contributed by atoms with Crippen LogP contribution < -0.4 is 20.7 Å². The standard InChI is InChI=1S/C27H25FN6O4S/c1-16-11-25(34-38-16)33-27(35)32-18-4-6-22(19(28)12-18)37-23-7-8-30-21-13-24(39-26(21)23)20-5-3-17(15-31-20)14-29-9-10-36-2/h3-8,11-13,15,29H,9-10,14H2,1-2H3,(H2,32,33,34,35). The number of aromatic nitrogens is 3. The van der Waals surface area contributed by atoms with Crippen LogP contribution in [0.1, 0.15) is 11.3 Å². The summed E-state index contributed by atoms with van der Waals surface area (Å²) in [7, 11) is 1.67. The molecule has 200 valence electrons. The van der Waals surface area contributed by atoms with Crippen molar-refractivity contribution in [3.63, 3.8) is 0 Å². The summed E-state index contributed by atoms with van der Waals surface area (Å²) in [6.45, 7) is 3.82. The molecule has 12 heteroatoms. The molecule has 0 aliphatic rings. The minimum absolute atomic E-state index is 0.0129. The molecule has 5 aromatic rings. The highest BCUT2D eigenvalue weighted by atomic mass is 32.1. The largest absolute Gasteiger partial charge is 0.453 e. The van der Waals surface area contributed by atoms with E-state index < -0.39 is 11.8 Å². The van der Waals surface area contributed by atoms with Gasteiger partial charge < -0.3 is 24.6 Å². The Hall–Kier alpha value is -4.39. The lowest BCUT2D eigenvalue weighted by molar-refractivity contribution is 0.199. The lowest BCUT2D eigenvalue weighted by Crippen LogP contribution is -2.19. The summed E-state index contributed by atoms with van der Waals surface area (Å²) in [5.41, 5.74) is 2.85. The number of nitrogens with zero attached hydrogens (tertiary/aromatic N) is 3. The fraction of sp³-hybridized carbons (Fsp3) is 0.185. The fourth-order valence-corrected chi connectivity index (χ4v) is 4.73. The smallest absolute Gasteiger partial charge is 0.324 e. The van der Waals surface area contributed by atoms with Gasteiger partial charge in [-0.25, -0.2) is 9.18 Å². The van der Waals surface area contributed by atoms with Crippen molar-refractivity contribution < 1.29 is 23.2 Å². The zero-order chi connectivity index (χ0) is 27.2. The Morgan fingerprint density at radius 1 is 1.08 bits per heavy atom. The van der Waals surface area contributed by atoms with Crippen molar-refractivity contribution in [1.82, 2.24) is 20.4 Å². The number of urea groups is 1. The zero-order valence-corrected chi connectivity index (χ0v) is 22.0. The summed E-state index contributed by atoms with van der Waals surface area (Å²) in [4.78, 5) is 22.1. The quantitative estimate of drug-likeness (QED) is 0.183. The molecular formula is C27H25FN6O4S. The van der Waals surface area contributed by atoms with Gasteiger partial charge in [-0.15, -0.1) is 11.3 Å². The number of ether oxygens (including phenoxy) is 2. The van der Waals surface area contributed by atoms with Crippen LogP contribution in [0.4, 0.5) is 20.7 Å². The first-order chi connectivity index (χ1) is 19.0. The number of hydrogen-bond acceptors (Lipinski definition) is 9. The number of aryl methyl sites for hydroxylation is 1. The molecular weight excluding hydrogens is 523 g/mol. The van der Waals surface area contributed by atoms with E-state index in [2.05, 4.69) is 31.1 Å². The van der Waals surface area contributed by atoms with Gasteiger partial charge >= 0.3 is 6.03 Å². The number of halogens is 1. The molecule has 0 atom stereocenters. The van der Waals surface area contributed by atoms with Crippen molar-refractivity contribution >= 4 is 39.1 Å². The lowest BCUT2D eigenvalue weighted by atomic mass is 10.2. The van der Waals surface area contributed by atoms with E-state index >= 15 is 0 Å². The fourth-order valence-electron chi connectivity index (χ4n) is 3.69. The molecule has 0 saturated carbocycles. The molecule has 0 aliphatic carbocycles. The summed E-state index contributed by atoms with van der Waals surface area (Å²) < 4.78 is 31.5. The van der Waals surface area contributed by atoms with E-state index in [-0.39, 0.29) is 17.3 Å². The number of hydrogen-bond donors (Lipinski definition) is 3. The molecule has 39 heavy (non-hydrogen) atoms. The number of carbonyl (C=O) groups is 1. The minimum Gasteiger partial charge on any atom is -0.453 e. The number of benzene rings is 1. The second kappa shape index (κ2) is 12.0. The van der Waals surface area contributed by atoms with Crippen LogP contribution in [0.25, 0.3) is 20.8 Å². The number of methoxy groups -OCH3 is 1. The molecule has 0 fully saturated rings. The molecule has 0 saturated heterocycles. The Bertz CT molecular complexity index is 1590. The first kappa shape index (κ1) is 26.2. The number of anilines is 2. The highest BCUT2D eigenvalue weighted by molar-refractivity contribution is 7.22. The van der Waals surface area contributed by atoms with Gasteiger partial charge in [0.1, 0.15) is 11.5 Å². The Morgan fingerprint density at radius 3 is 2.72 bits per heavy atom. The third-order valence-electron chi connectivity index (χ3n) is 5.54. The van der Waals surface area contributed by atoms with Gasteiger partial charge in [0.15, 0.2) is 17.4 Å². The van der Waals surface area contributed by atoms with Crippen molar-refractivity contribution in [2.45, 2.75) is 13.5 Å². The first-order valence-electron chi connectivity index (χ1n) is 12.0. The van der Waals surface area contributed by atoms with Gasteiger partial charge in [0.2, 0.25) is 0 Å². The van der Waals surface area contributed by atoms with Gasteiger partial charge in [0, 0.05) is 56.5 Å². The van der Waals surface area contributed by atoms with Crippen LogP contribution in [0.3, 0.4) is 0 Å². The summed E-state index contributed by atoms with van der Waals surface area (Å²) in [5.74, 6) is 0.650. The molecule has 10 nitrogen and oxygen atoms in total. The monoisotopic (exact) mass is 548 g/mol. The summed E-state index contributed by atoms with van der Waals surface area (Å²) in [6.07, 6.45) is 3.45. The van der Waals surface area contributed by atoms with E-state index in [1.165, 1.54) is 23.5 Å². The van der Waals surface area contributed by atoms with Gasteiger partial charge in [-0.05, 0) is 36.8 Å². The second-order valence-corrected chi connectivity index (χ2v) is 9.56. The van der Waals surface area contributed by atoms with Crippen LogP contribution in [-0.4, -0.2) is 41.4 Å². The highest BCUT2D eigenvalue weighted by Crippen LogP contribution is 2.39. The molecule has 0 spiro atoms. The van der Waals surface area contributed by atoms with E-state index in [9.17, 15) is 9.18 Å². The van der Waals surface area contributed by atoms with Crippen molar-refractivity contribution in [3.8, 4) is 22.1 Å². The van der Waals surface area contributed by atoms with Gasteiger partial charge in [-0.3, -0.25) is 15.3 Å². The second-order valence-electron chi connectivity index (χ2n) is 8.50. The average molecular weight is 549 g/mol. The molecule has 0 radical (unpaired) electrons. The lowest BCUT2D eigenvalue weighted by Gasteiger charge is -2.10. The number of amides is 2. The van der Waals surface area contributed by atoms with Crippen LogP contribution >= 0.6 is 11.3 Å². The first-order valence-corrected chi connectivity index (χ1v) is 12.8. The van der Waals surface area contributed by atoms with Crippen molar-refractivity contribution in [2.75, 3.05) is 30.9 Å². The third-order valence-corrected chi connectivity index (χ3v) is 6.71. The van der Waals surface area contributed by atoms with Crippen molar-refractivity contribution in [3.05, 3.63) is 78.1 Å². The average Bonchev–Trinajstić information content (AvgIpc) is 3.55. The van der Waals surface area contributed by atoms with Gasteiger partial charge in [-0.2, -0.15) is 0 Å². The molecule has 4 heterocycles. The summed E-state index contributed by atoms with van der Waals surface area (Å²) in [5, 5.41) is 12.0. The van der Waals surface area contributed by atoms with Crippen molar-refractivity contribution in [1.29, 1.82) is 0 Å². The number of pyridine rings is 2. The summed E-state index contributed by atoms with van der Waals surface area (Å²) in [6, 6.07) is 12.8. The SMILES string of the molecule is COCCNCc1ccc(-c2cc3nccc(Oc4ccc(NC(=O)Nc5cc(C)on5)cc4F)c3s2)nc1. The van der Waals surface area contributed by atoms with E-state index in [0.717, 1.165) is 32.9 Å². The van der Waals surface area contributed by atoms with Gasteiger partial charge in [-0.1, -0.05) is 11.2 Å². The molecule has 1 aromatic carbocycles. The Kier molecular flexibility index (Phi) is 8.06. The van der Waals surface area contributed by atoms with E-state index in [4.69, 9.17) is 14.0 Å². The molecule has 5 rings (SSSR count). The molecule has 0 aliphatic heterocycles. The van der Waals surface area contributed by atoms with Gasteiger partial charge in [0.25, 0.3) is 0 Å². The van der Waals surface area contributed by atoms with Crippen LogP contribution in [0.5, 0.6) is 11.5 Å². The number of rotatable bonds is 10. The molecule has 2 amide bonds. The number of fused-ring (bicyclic) bond motifs is 1. The number of thiophene rings is 1. The van der Waals surface area contributed by atoms with Crippen LogP contribution in [0, 0.1) is 12.7 Å². The molecule has 4 aromatic heterocycles. The van der Waals surface area contributed by atoms with Crippen molar-refractivity contribution in [2.24, 2.45) is 0 Å². The van der Waals surface area contributed by atoms with E-state index in [0.29, 0.717) is 24.7 Å². The number of nitrogens with one attached hydrogen (secondary N) is 3.